The third-order valence-electron chi connectivity index (χ3n) is 11.4. The molecule has 0 unspecified atom stereocenters. The quantitative estimate of drug-likeness (QED) is 0.170. The van der Waals surface area contributed by atoms with Crippen molar-refractivity contribution in [2.75, 3.05) is 0 Å². The zero-order chi connectivity index (χ0) is 38.9. The van der Waals surface area contributed by atoms with Gasteiger partial charge in [-0.2, -0.15) is 0 Å². The molecule has 0 fully saturated rings. The molecule has 8 aromatic carbocycles. The normalized spacial score (nSPS) is 11.7. The van der Waals surface area contributed by atoms with Crippen LogP contribution in [0.25, 0.3) is 111 Å². The van der Waals surface area contributed by atoms with E-state index in [-0.39, 0.29) is 0 Å². The molecular weight excluding hydrogens is 723 g/mol. The fourth-order valence-corrected chi connectivity index (χ4v) is 8.73. The highest BCUT2D eigenvalue weighted by atomic mass is 16.3. The van der Waals surface area contributed by atoms with Crippen molar-refractivity contribution in [3.63, 3.8) is 0 Å². The van der Waals surface area contributed by atoms with Gasteiger partial charge in [0.15, 0.2) is 11.4 Å². The summed E-state index contributed by atoms with van der Waals surface area (Å²) in [7, 11) is 0. The Hall–Kier alpha value is -8.09. The molecule has 6 heteroatoms. The molecule has 0 aliphatic heterocycles. The smallest absolute Gasteiger partial charge is 0.227 e. The number of fused-ring (bicyclic) bond motifs is 8. The highest BCUT2D eigenvalue weighted by Gasteiger charge is 2.24. The molecule has 0 aliphatic carbocycles. The predicted octanol–water partition coefficient (Wildman–Crippen LogP) is 13.5. The van der Waals surface area contributed by atoms with Crippen molar-refractivity contribution >= 4 is 54.7 Å². The summed E-state index contributed by atoms with van der Waals surface area (Å²) in [6.07, 6.45) is 0. The molecule has 6 nitrogen and oxygen atoms in total. The van der Waals surface area contributed by atoms with Gasteiger partial charge in [-0.15, -0.1) is 0 Å². The number of oxazole rings is 1. The molecule has 0 radical (unpaired) electrons. The second-order valence-electron chi connectivity index (χ2n) is 14.8. The molecule has 0 amide bonds. The van der Waals surface area contributed by atoms with E-state index >= 15 is 0 Å². The largest absolute Gasteiger partial charge is 0.435 e. The number of aromatic nitrogens is 5. The van der Waals surface area contributed by atoms with E-state index in [1.165, 1.54) is 10.8 Å². The van der Waals surface area contributed by atoms with Gasteiger partial charge in [0.25, 0.3) is 0 Å². The Balaban J connectivity index is 1.15. The fraction of sp³-hybridized carbons (Fsp3) is 0. The molecule has 0 spiro atoms. The monoisotopic (exact) mass is 755 g/mol. The summed E-state index contributed by atoms with van der Waals surface area (Å²) in [5, 5.41) is 4.49. The van der Waals surface area contributed by atoms with Gasteiger partial charge >= 0.3 is 0 Å². The Kier molecular flexibility index (Phi) is 7.43. The van der Waals surface area contributed by atoms with Crippen LogP contribution in [0.2, 0.25) is 0 Å². The lowest BCUT2D eigenvalue weighted by Crippen LogP contribution is -2.01. The van der Waals surface area contributed by atoms with Crippen molar-refractivity contribution in [1.82, 2.24) is 24.1 Å². The van der Waals surface area contributed by atoms with Gasteiger partial charge in [0, 0.05) is 44.1 Å². The molecule has 0 bridgehead atoms. The molecule has 0 saturated heterocycles. The average Bonchev–Trinajstić information content (AvgIpc) is 4.00. The lowest BCUT2D eigenvalue weighted by Gasteiger charge is -2.15. The highest BCUT2D eigenvalue weighted by molar-refractivity contribution is 6.21. The fourth-order valence-electron chi connectivity index (χ4n) is 8.73. The van der Waals surface area contributed by atoms with Gasteiger partial charge < -0.3 is 13.6 Å². The molecule has 276 valence electrons. The summed E-state index contributed by atoms with van der Waals surface area (Å²) in [4.78, 5) is 15.4. The van der Waals surface area contributed by atoms with Crippen molar-refractivity contribution in [1.29, 1.82) is 0 Å². The maximum Gasteiger partial charge on any atom is 0.227 e. The van der Waals surface area contributed by atoms with Crippen LogP contribution in [0.15, 0.2) is 205 Å². The molecule has 59 heavy (non-hydrogen) atoms. The average molecular weight is 756 g/mol. The van der Waals surface area contributed by atoms with Crippen LogP contribution in [0.1, 0.15) is 0 Å². The lowest BCUT2D eigenvalue weighted by atomic mass is 10.1. The minimum atomic E-state index is 0.596. The van der Waals surface area contributed by atoms with E-state index in [1.807, 2.05) is 66.7 Å². The number of hydrogen-bond acceptors (Lipinski definition) is 4. The Labute approximate surface area is 338 Å². The van der Waals surface area contributed by atoms with Crippen LogP contribution >= 0.6 is 0 Å². The second kappa shape index (κ2) is 13.3. The van der Waals surface area contributed by atoms with E-state index in [1.54, 1.807) is 0 Å². The maximum atomic E-state index is 6.75. The molecule has 12 aromatic rings. The maximum absolute atomic E-state index is 6.75. The number of nitrogens with zero attached hydrogens (tertiary/aromatic N) is 5. The van der Waals surface area contributed by atoms with Crippen LogP contribution in [0.4, 0.5) is 0 Å². The molecule has 0 N–H and O–H groups in total. The molecular formula is C53H33N5O. The Morgan fingerprint density at radius 3 is 1.61 bits per heavy atom. The second-order valence-corrected chi connectivity index (χ2v) is 14.8. The van der Waals surface area contributed by atoms with Crippen LogP contribution in [-0.2, 0) is 0 Å². The molecule has 0 aliphatic rings. The first kappa shape index (κ1) is 33.1. The van der Waals surface area contributed by atoms with Gasteiger partial charge in [0.1, 0.15) is 5.52 Å². The van der Waals surface area contributed by atoms with Crippen molar-refractivity contribution < 1.29 is 4.42 Å². The highest BCUT2D eigenvalue weighted by Crippen LogP contribution is 2.43. The summed E-state index contributed by atoms with van der Waals surface area (Å²) >= 11 is 0. The third-order valence-corrected chi connectivity index (χ3v) is 11.4. The van der Waals surface area contributed by atoms with Gasteiger partial charge in [-0.25, -0.2) is 15.0 Å². The van der Waals surface area contributed by atoms with Crippen LogP contribution in [0, 0.1) is 0 Å². The Morgan fingerprint density at radius 1 is 0.390 bits per heavy atom. The van der Waals surface area contributed by atoms with E-state index < -0.39 is 0 Å². The first-order valence-corrected chi connectivity index (χ1v) is 19.8. The number of benzene rings is 8. The zero-order valence-electron chi connectivity index (χ0n) is 31.7. The standard InChI is InChI=1S/C53H33N5O/c1-4-16-34(17-5-1)43-33-44(35-18-6-2-7-19-35)55-52(54-43)37-22-14-23-38(32-37)57-47-31-30-42-51(59-53(56-42)36-20-8-3-9-21-36)49(47)41-26-15-29-48(50(41)57)58-45-27-12-10-24-39(45)40-25-11-13-28-46(40)58/h1-33H. The van der Waals surface area contributed by atoms with Crippen molar-refractivity contribution in [3.8, 4) is 56.7 Å². The summed E-state index contributed by atoms with van der Waals surface area (Å²) in [5.41, 5.74) is 13.6. The van der Waals surface area contributed by atoms with E-state index in [4.69, 9.17) is 19.4 Å². The van der Waals surface area contributed by atoms with Crippen molar-refractivity contribution in [2.45, 2.75) is 0 Å². The molecule has 0 saturated carbocycles. The number of para-hydroxylation sites is 3. The van der Waals surface area contributed by atoms with Crippen LogP contribution in [-0.4, -0.2) is 24.1 Å². The first-order chi connectivity index (χ1) is 29.3. The zero-order valence-corrected chi connectivity index (χ0v) is 31.7. The summed E-state index contributed by atoms with van der Waals surface area (Å²) in [6, 6.07) is 69.6. The minimum Gasteiger partial charge on any atom is -0.435 e. The Morgan fingerprint density at radius 2 is 0.949 bits per heavy atom. The van der Waals surface area contributed by atoms with Crippen LogP contribution in [0.3, 0.4) is 0 Å². The first-order valence-electron chi connectivity index (χ1n) is 19.8. The van der Waals surface area contributed by atoms with Gasteiger partial charge in [0.2, 0.25) is 5.89 Å². The SMILES string of the molecule is c1ccc(-c2cc(-c3ccccc3)nc(-c3cccc(-n4c5ccc6nc(-c7ccccc7)oc6c5c5cccc(-n6c7ccccc7c7ccccc76)c54)c3)n2)cc1. The van der Waals surface area contributed by atoms with Gasteiger partial charge in [-0.3, -0.25) is 0 Å². The van der Waals surface area contributed by atoms with Crippen LogP contribution in [0.5, 0.6) is 0 Å². The summed E-state index contributed by atoms with van der Waals surface area (Å²) in [5.74, 6) is 1.25. The van der Waals surface area contributed by atoms with Gasteiger partial charge in [0.05, 0.1) is 44.5 Å². The minimum absolute atomic E-state index is 0.596. The number of rotatable bonds is 6. The third kappa shape index (κ3) is 5.31. The predicted molar refractivity (Wildman–Crippen MR) is 240 cm³/mol. The van der Waals surface area contributed by atoms with E-state index in [0.717, 1.165) is 89.0 Å². The van der Waals surface area contributed by atoms with E-state index in [0.29, 0.717) is 11.7 Å². The molecule has 12 rings (SSSR count). The van der Waals surface area contributed by atoms with E-state index in [2.05, 4.69) is 143 Å². The molecule has 4 aromatic heterocycles. The van der Waals surface area contributed by atoms with Crippen molar-refractivity contribution in [2.24, 2.45) is 0 Å². The lowest BCUT2D eigenvalue weighted by molar-refractivity contribution is 0.623. The van der Waals surface area contributed by atoms with Crippen molar-refractivity contribution in [3.05, 3.63) is 200 Å². The number of hydrogen-bond donors (Lipinski definition) is 0. The van der Waals surface area contributed by atoms with E-state index in [9.17, 15) is 0 Å². The molecule has 4 heterocycles. The summed E-state index contributed by atoms with van der Waals surface area (Å²) in [6.45, 7) is 0. The van der Waals surface area contributed by atoms with Gasteiger partial charge in [-0.1, -0.05) is 140 Å². The topological polar surface area (TPSA) is 61.7 Å². The molecule has 0 atom stereocenters. The van der Waals surface area contributed by atoms with Gasteiger partial charge in [-0.05, 0) is 60.7 Å². The Bertz CT molecular complexity index is 3440. The van der Waals surface area contributed by atoms with Crippen LogP contribution < -0.4 is 0 Å². The summed E-state index contributed by atoms with van der Waals surface area (Å²) < 4.78 is 11.5.